The molecule has 0 aliphatic rings. The number of hydrogen-bond acceptors (Lipinski definition) is 5. The van der Waals surface area contributed by atoms with Gasteiger partial charge in [-0.05, 0) is 48.4 Å². The highest BCUT2D eigenvalue weighted by Crippen LogP contribution is 2.29. The summed E-state index contributed by atoms with van der Waals surface area (Å²) in [4.78, 5) is 0. The molecule has 0 fully saturated rings. The number of hydrogen-bond donors (Lipinski definition) is 2. The van der Waals surface area contributed by atoms with Gasteiger partial charge in [0.1, 0.15) is 12.4 Å². The predicted molar refractivity (Wildman–Crippen MR) is 98.3 cm³/mol. The Morgan fingerprint density at radius 3 is 2.64 bits per heavy atom. The van der Waals surface area contributed by atoms with E-state index in [1.54, 1.807) is 7.11 Å². The standard InChI is InChI=1S/C18H22N4O3/c1-3-24-17-10-13(11-21-22-18(19)20)7-8-16(17)25-12-14-5-4-6-15(9-14)23-2/h4-11H,3,12H2,1-2H3,(H4,19,20,22). The van der Waals surface area contributed by atoms with Gasteiger partial charge in [-0.2, -0.15) is 5.10 Å². The van der Waals surface area contributed by atoms with Gasteiger partial charge in [0.15, 0.2) is 11.5 Å². The van der Waals surface area contributed by atoms with Crippen molar-refractivity contribution in [2.75, 3.05) is 13.7 Å². The van der Waals surface area contributed by atoms with E-state index < -0.39 is 0 Å². The SMILES string of the molecule is CCOc1cc(C=NN=C(N)N)ccc1OCc1cccc(OC)c1. The Balaban J connectivity index is 2.13. The van der Waals surface area contributed by atoms with Gasteiger partial charge >= 0.3 is 0 Å². The summed E-state index contributed by atoms with van der Waals surface area (Å²) in [6.45, 7) is 2.83. The summed E-state index contributed by atoms with van der Waals surface area (Å²) in [5.74, 6) is 1.96. The van der Waals surface area contributed by atoms with E-state index in [9.17, 15) is 0 Å². The molecule has 0 spiro atoms. The van der Waals surface area contributed by atoms with E-state index in [1.165, 1.54) is 6.21 Å². The van der Waals surface area contributed by atoms with Crippen LogP contribution in [0.1, 0.15) is 18.1 Å². The maximum absolute atomic E-state index is 5.88. The van der Waals surface area contributed by atoms with Gasteiger partial charge < -0.3 is 25.7 Å². The van der Waals surface area contributed by atoms with Crippen LogP contribution in [0.15, 0.2) is 52.7 Å². The minimum atomic E-state index is -0.0977. The number of ether oxygens (including phenoxy) is 3. The molecule has 0 unspecified atom stereocenters. The monoisotopic (exact) mass is 342 g/mol. The molecule has 0 aromatic heterocycles. The number of guanidine groups is 1. The molecule has 0 saturated heterocycles. The Bertz CT molecular complexity index is 756. The Labute approximate surface area is 146 Å². The Hall–Kier alpha value is -3.22. The highest BCUT2D eigenvalue weighted by atomic mass is 16.5. The van der Waals surface area contributed by atoms with E-state index in [-0.39, 0.29) is 5.96 Å². The lowest BCUT2D eigenvalue weighted by Gasteiger charge is -2.13. The number of nitrogens with two attached hydrogens (primary N) is 2. The molecule has 7 nitrogen and oxygen atoms in total. The molecule has 0 radical (unpaired) electrons. The molecule has 0 amide bonds. The topological polar surface area (TPSA) is 104 Å². The third-order valence-corrected chi connectivity index (χ3v) is 3.18. The first kappa shape index (κ1) is 18.1. The summed E-state index contributed by atoms with van der Waals surface area (Å²) >= 11 is 0. The van der Waals surface area contributed by atoms with Gasteiger partial charge in [0.25, 0.3) is 0 Å². The van der Waals surface area contributed by atoms with Gasteiger partial charge in [0.05, 0.1) is 19.9 Å². The second-order valence-corrected chi connectivity index (χ2v) is 5.05. The van der Waals surface area contributed by atoms with E-state index in [4.69, 9.17) is 25.7 Å². The summed E-state index contributed by atoms with van der Waals surface area (Å²) in [6.07, 6.45) is 1.54. The van der Waals surface area contributed by atoms with Crippen LogP contribution in [0, 0.1) is 0 Å². The lowest BCUT2D eigenvalue weighted by atomic mass is 10.2. The molecule has 0 bridgehead atoms. The molecular weight excluding hydrogens is 320 g/mol. The Morgan fingerprint density at radius 1 is 1.08 bits per heavy atom. The average Bonchev–Trinajstić information content (AvgIpc) is 2.61. The van der Waals surface area contributed by atoms with Crippen molar-refractivity contribution in [2.24, 2.45) is 21.7 Å². The first-order chi connectivity index (χ1) is 12.1. The lowest BCUT2D eigenvalue weighted by Crippen LogP contribution is -2.21. The Kier molecular flexibility index (Phi) is 6.65. The largest absolute Gasteiger partial charge is 0.497 e. The third kappa shape index (κ3) is 5.72. The van der Waals surface area contributed by atoms with E-state index >= 15 is 0 Å². The van der Waals surface area contributed by atoms with Gasteiger partial charge in [-0.3, -0.25) is 0 Å². The fourth-order valence-corrected chi connectivity index (χ4v) is 2.08. The molecule has 2 rings (SSSR count). The van der Waals surface area contributed by atoms with Crippen LogP contribution in [-0.4, -0.2) is 25.9 Å². The summed E-state index contributed by atoms with van der Waals surface area (Å²) in [7, 11) is 1.63. The summed E-state index contributed by atoms with van der Waals surface area (Å²) in [5.41, 5.74) is 12.3. The van der Waals surface area contributed by atoms with Crippen molar-refractivity contribution in [3.8, 4) is 17.2 Å². The Morgan fingerprint density at radius 2 is 1.92 bits per heavy atom. The van der Waals surface area contributed by atoms with Crippen LogP contribution in [-0.2, 0) is 6.61 Å². The maximum Gasteiger partial charge on any atom is 0.211 e. The van der Waals surface area contributed by atoms with Crippen molar-refractivity contribution in [1.29, 1.82) is 0 Å². The van der Waals surface area contributed by atoms with Gasteiger partial charge in [-0.1, -0.05) is 12.1 Å². The molecule has 2 aromatic rings. The second-order valence-electron chi connectivity index (χ2n) is 5.05. The smallest absolute Gasteiger partial charge is 0.211 e. The fraction of sp³-hybridized carbons (Fsp3) is 0.222. The quantitative estimate of drug-likeness (QED) is 0.435. The molecule has 25 heavy (non-hydrogen) atoms. The van der Waals surface area contributed by atoms with Gasteiger partial charge in [-0.25, -0.2) is 0 Å². The van der Waals surface area contributed by atoms with Crippen LogP contribution < -0.4 is 25.7 Å². The van der Waals surface area contributed by atoms with Crippen molar-refractivity contribution in [3.05, 3.63) is 53.6 Å². The minimum absolute atomic E-state index is 0.0977. The van der Waals surface area contributed by atoms with Crippen LogP contribution in [0.2, 0.25) is 0 Å². The summed E-state index contributed by atoms with van der Waals surface area (Å²) < 4.78 is 16.7. The van der Waals surface area contributed by atoms with Crippen molar-refractivity contribution in [1.82, 2.24) is 0 Å². The van der Waals surface area contributed by atoms with Crippen molar-refractivity contribution in [2.45, 2.75) is 13.5 Å². The van der Waals surface area contributed by atoms with Gasteiger partial charge in [0, 0.05) is 0 Å². The molecule has 0 saturated carbocycles. The van der Waals surface area contributed by atoms with Crippen LogP contribution in [0.5, 0.6) is 17.2 Å². The molecule has 0 heterocycles. The first-order valence-electron chi connectivity index (χ1n) is 7.77. The van der Waals surface area contributed by atoms with Crippen LogP contribution >= 0.6 is 0 Å². The van der Waals surface area contributed by atoms with E-state index in [0.29, 0.717) is 24.7 Å². The highest BCUT2D eigenvalue weighted by molar-refractivity contribution is 5.82. The average molecular weight is 342 g/mol. The van der Waals surface area contributed by atoms with Crippen LogP contribution in [0.25, 0.3) is 0 Å². The zero-order valence-electron chi connectivity index (χ0n) is 14.3. The van der Waals surface area contributed by atoms with Crippen LogP contribution in [0.4, 0.5) is 0 Å². The number of rotatable bonds is 8. The zero-order valence-corrected chi connectivity index (χ0v) is 14.3. The lowest BCUT2D eigenvalue weighted by molar-refractivity contribution is 0.269. The molecular formula is C18H22N4O3. The summed E-state index contributed by atoms with van der Waals surface area (Å²) in [5, 5.41) is 7.36. The van der Waals surface area contributed by atoms with Gasteiger partial charge in [-0.15, -0.1) is 5.10 Å². The molecule has 0 aliphatic carbocycles. The van der Waals surface area contributed by atoms with Crippen LogP contribution in [0.3, 0.4) is 0 Å². The molecule has 4 N–H and O–H groups in total. The molecule has 2 aromatic carbocycles. The fourth-order valence-electron chi connectivity index (χ4n) is 2.08. The minimum Gasteiger partial charge on any atom is -0.497 e. The maximum atomic E-state index is 5.88. The van der Waals surface area contributed by atoms with E-state index in [0.717, 1.165) is 16.9 Å². The zero-order chi connectivity index (χ0) is 18.1. The van der Waals surface area contributed by atoms with E-state index in [1.807, 2.05) is 49.4 Å². The third-order valence-electron chi connectivity index (χ3n) is 3.18. The molecule has 132 valence electrons. The van der Waals surface area contributed by atoms with E-state index in [2.05, 4.69) is 10.2 Å². The first-order valence-corrected chi connectivity index (χ1v) is 7.77. The van der Waals surface area contributed by atoms with Crippen molar-refractivity contribution >= 4 is 12.2 Å². The highest BCUT2D eigenvalue weighted by Gasteiger charge is 2.07. The molecule has 0 aliphatic heterocycles. The summed E-state index contributed by atoms with van der Waals surface area (Å²) in [6, 6.07) is 13.2. The normalized spacial score (nSPS) is 10.5. The molecule has 0 atom stereocenters. The molecule has 7 heteroatoms. The number of benzene rings is 2. The van der Waals surface area contributed by atoms with Crippen molar-refractivity contribution in [3.63, 3.8) is 0 Å². The predicted octanol–water partition coefficient (Wildman–Crippen LogP) is 2.28. The number of nitrogens with zero attached hydrogens (tertiary/aromatic N) is 2. The number of methoxy groups -OCH3 is 1. The second kappa shape index (κ2) is 9.17. The van der Waals surface area contributed by atoms with Crippen molar-refractivity contribution < 1.29 is 14.2 Å². The van der Waals surface area contributed by atoms with Gasteiger partial charge in [0.2, 0.25) is 5.96 Å².